The second-order valence-corrected chi connectivity index (χ2v) is 4.50. The fraction of sp³-hybridized carbons (Fsp3) is 1.00. The van der Waals surface area contributed by atoms with Crippen molar-refractivity contribution in [1.82, 2.24) is 0 Å². The molecule has 0 saturated carbocycles. The lowest BCUT2D eigenvalue weighted by atomic mass is 10.6. The predicted octanol–water partition coefficient (Wildman–Crippen LogP) is 3.69. The third-order valence-corrected chi connectivity index (χ3v) is 1.77. The zero-order chi connectivity index (χ0) is 7.82. The summed E-state index contributed by atoms with van der Waals surface area (Å²) in [5.41, 5.74) is 0. The third-order valence-electron chi connectivity index (χ3n) is 0.590. The van der Waals surface area contributed by atoms with Gasteiger partial charge in [-0.2, -0.15) is 0 Å². The van der Waals surface area contributed by atoms with Crippen molar-refractivity contribution in [3.05, 3.63) is 0 Å². The Morgan fingerprint density at radius 2 is 1.33 bits per heavy atom. The van der Waals surface area contributed by atoms with Crippen LogP contribution in [0.15, 0.2) is 0 Å². The van der Waals surface area contributed by atoms with Gasteiger partial charge in [0.25, 0.3) is 10.2 Å². The molecule has 0 rings (SSSR count). The Bertz CT molecular complexity index is 106. The highest BCUT2D eigenvalue weighted by Crippen LogP contribution is 2.97. The molecule has 0 fully saturated rings. The number of hydrogen-bond donors (Lipinski definition) is 0. The van der Waals surface area contributed by atoms with Crippen molar-refractivity contribution in [2.24, 2.45) is 0 Å². The lowest BCUT2D eigenvalue weighted by molar-refractivity contribution is 0.363. The Labute approximate surface area is 49.8 Å². The van der Waals surface area contributed by atoms with Crippen molar-refractivity contribution in [3.8, 4) is 0 Å². The van der Waals surface area contributed by atoms with E-state index in [2.05, 4.69) is 0 Å². The summed E-state index contributed by atoms with van der Waals surface area (Å²) in [6.45, 7) is 1.07. The molecule has 0 bridgehead atoms. The maximum Gasteiger partial charge on any atom is 0.285 e. The average Bonchev–Trinajstić information content (AvgIpc) is 1.22. The van der Waals surface area contributed by atoms with Crippen molar-refractivity contribution >= 4 is 10.2 Å². The summed E-state index contributed by atoms with van der Waals surface area (Å²) >= 11 is 0. The number of rotatable bonds is 2. The zero-order valence-electron chi connectivity index (χ0n) is 4.71. The van der Waals surface area contributed by atoms with Gasteiger partial charge in [0.2, 0.25) is 0 Å². The molecule has 0 heterocycles. The van der Waals surface area contributed by atoms with Crippen LogP contribution < -0.4 is 0 Å². The van der Waals surface area contributed by atoms with Gasteiger partial charge in [-0.15, -0.1) is 0 Å². The van der Waals surface area contributed by atoms with Gasteiger partial charge in [0, 0.05) is 0 Å². The van der Waals surface area contributed by atoms with E-state index in [1.807, 2.05) is 0 Å². The normalized spacial score (nSPS) is 20.7. The van der Waals surface area contributed by atoms with Gasteiger partial charge in [-0.05, 0) is 6.42 Å². The smallest absolute Gasteiger partial charge is 0.0978 e. The van der Waals surface area contributed by atoms with Crippen LogP contribution in [0.1, 0.15) is 13.3 Å². The van der Waals surface area contributed by atoms with Gasteiger partial charge in [0.05, 0.1) is 5.75 Å². The molecule has 0 aliphatic heterocycles. The van der Waals surface area contributed by atoms with Gasteiger partial charge >= 0.3 is 0 Å². The van der Waals surface area contributed by atoms with Crippen LogP contribution in [0.2, 0.25) is 0 Å². The monoisotopic (exact) mass is 170 g/mol. The SMILES string of the molecule is CCCS(F)(F)(F)(F)F. The third kappa shape index (κ3) is 8.00. The van der Waals surface area contributed by atoms with Crippen LogP contribution in [0.25, 0.3) is 0 Å². The van der Waals surface area contributed by atoms with Crippen LogP contribution in [0.4, 0.5) is 19.4 Å². The van der Waals surface area contributed by atoms with E-state index in [4.69, 9.17) is 0 Å². The molecule has 0 unspecified atom stereocenters. The maximum atomic E-state index is 11.2. The molecule has 0 radical (unpaired) electrons. The van der Waals surface area contributed by atoms with Crippen molar-refractivity contribution in [1.29, 1.82) is 0 Å². The molecule has 0 atom stereocenters. The minimum atomic E-state index is -9.03. The summed E-state index contributed by atoms with van der Waals surface area (Å²) in [5.74, 6) is -1.94. The number of hydrogen-bond acceptors (Lipinski definition) is 0. The average molecular weight is 170 g/mol. The summed E-state index contributed by atoms with van der Waals surface area (Å²) in [5, 5.41) is 0. The first kappa shape index (κ1) is 9.00. The second kappa shape index (κ2) is 1.36. The first-order valence-corrected chi connectivity index (χ1v) is 4.39. The minimum Gasteiger partial charge on any atom is -0.0978 e. The summed E-state index contributed by atoms with van der Waals surface area (Å²) in [7, 11) is -9.03. The van der Waals surface area contributed by atoms with Crippen molar-refractivity contribution in [3.63, 3.8) is 0 Å². The molecule has 0 N–H and O–H groups in total. The Kier molecular flexibility index (Phi) is 1.36. The summed E-state index contributed by atoms with van der Waals surface area (Å²) in [6, 6.07) is 0. The lowest BCUT2D eigenvalue weighted by Crippen LogP contribution is -2.09. The van der Waals surface area contributed by atoms with Gasteiger partial charge in [-0.25, -0.2) is 0 Å². The van der Waals surface area contributed by atoms with Gasteiger partial charge in [0.15, 0.2) is 0 Å². The molecule has 0 aliphatic rings. The molecule has 0 aromatic rings. The first-order valence-electron chi connectivity index (χ1n) is 2.27. The highest BCUT2D eigenvalue weighted by molar-refractivity contribution is 8.45. The van der Waals surface area contributed by atoms with Crippen molar-refractivity contribution in [2.45, 2.75) is 13.3 Å². The van der Waals surface area contributed by atoms with Crippen LogP contribution in [0, 0.1) is 0 Å². The maximum absolute atomic E-state index is 11.2. The molecule has 0 aliphatic carbocycles. The van der Waals surface area contributed by atoms with Crippen LogP contribution in [0.5, 0.6) is 0 Å². The fourth-order valence-corrected chi connectivity index (χ4v) is 1.16. The molecule has 0 aromatic heterocycles. The molecule has 60 valence electrons. The number of halogens is 5. The highest BCUT2D eigenvalue weighted by atomic mass is 32.5. The molecule has 0 spiro atoms. The molecule has 0 nitrogen and oxygen atoms in total. The Morgan fingerprint density at radius 3 is 1.33 bits per heavy atom. The van der Waals surface area contributed by atoms with E-state index < -0.39 is 22.4 Å². The van der Waals surface area contributed by atoms with E-state index in [1.165, 1.54) is 0 Å². The van der Waals surface area contributed by atoms with E-state index in [9.17, 15) is 19.4 Å². The van der Waals surface area contributed by atoms with Gasteiger partial charge in [0.1, 0.15) is 0 Å². The summed E-state index contributed by atoms with van der Waals surface area (Å²) in [6.07, 6.45) is -0.557. The van der Waals surface area contributed by atoms with E-state index >= 15 is 0 Å². The Balaban J connectivity index is 4.34. The van der Waals surface area contributed by atoms with Gasteiger partial charge < -0.3 is 0 Å². The summed E-state index contributed by atoms with van der Waals surface area (Å²) in [4.78, 5) is 0. The van der Waals surface area contributed by atoms with E-state index in [-0.39, 0.29) is 0 Å². The lowest BCUT2D eigenvalue weighted by Gasteiger charge is -2.39. The zero-order valence-corrected chi connectivity index (χ0v) is 5.53. The topological polar surface area (TPSA) is 0 Å². The molecular formula is C3H7F5S. The van der Waals surface area contributed by atoms with E-state index in [0.717, 1.165) is 6.92 Å². The Hall–Kier alpha value is -0.0000000000000000555. The van der Waals surface area contributed by atoms with E-state index in [0.29, 0.717) is 0 Å². The quantitative estimate of drug-likeness (QED) is 0.554. The molecule has 9 heavy (non-hydrogen) atoms. The highest BCUT2D eigenvalue weighted by Gasteiger charge is 2.61. The van der Waals surface area contributed by atoms with Gasteiger partial charge in [-0.3, -0.25) is 0 Å². The molecule has 0 saturated heterocycles. The standard InChI is InChI=1S/C3H7F5S/c1-2-3-9(4,5,6,7)8/h2-3H2,1H3. The second-order valence-electron chi connectivity index (χ2n) is 1.83. The largest absolute Gasteiger partial charge is 0.285 e. The van der Waals surface area contributed by atoms with Crippen molar-refractivity contribution < 1.29 is 19.4 Å². The molecule has 0 aromatic carbocycles. The van der Waals surface area contributed by atoms with Gasteiger partial charge in [-0.1, -0.05) is 26.4 Å². The van der Waals surface area contributed by atoms with Crippen LogP contribution >= 0.6 is 10.2 Å². The van der Waals surface area contributed by atoms with Crippen LogP contribution in [0.3, 0.4) is 0 Å². The summed E-state index contributed by atoms with van der Waals surface area (Å²) < 4.78 is 56.1. The molecule has 0 amide bonds. The van der Waals surface area contributed by atoms with Crippen LogP contribution in [-0.4, -0.2) is 5.75 Å². The van der Waals surface area contributed by atoms with E-state index in [1.54, 1.807) is 0 Å². The predicted molar refractivity (Wildman–Crippen MR) is 28.3 cm³/mol. The molecule has 6 heteroatoms. The molecular weight excluding hydrogens is 163 g/mol. The minimum absolute atomic E-state index is 0.557. The fourth-order valence-electron chi connectivity index (χ4n) is 0.386. The van der Waals surface area contributed by atoms with Crippen molar-refractivity contribution in [2.75, 3.05) is 5.75 Å². The first-order chi connectivity index (χ1) is 3.54. The Morgan fingerprint density at radius 1 is 1.00 bits per heavy atom. The van der Waals surface area contributed by atoms with Crippen LogP contribution in [-0.2, 0) is 0 Å².